The molecule has 4 aromatic rings. The third-order valence-corrected chi connectivity index (χ3v) is 6.06. The van der Waals surface area contributed by atoms with Gasteiger partial charge in [0, 0.05) is 55.0 Å². The minimum absolute atomic E-state index is 0.0741. The van der Waals surface area contributed by atoms with Crippen LogP contribution in [0.25, 0.3) is 16.8 Å². The Hall–Kier alpha value is -3.89. The minimum Gasteiger partial charge on any atom is -0.444 e. The molecule has 1 amide bonds. The predicted molar refractivity (Wildman–Crippen MR) is 132 cm³/mol. The SMILES string of the molecule is CCn1nccc1Nc1cc(C2CCCN(C(=O)OC(C)(C)C)C2)nc2c(-c3cn[nH]c3)cnn12. The number of anilines is 2. The third-order valence-electron chi connectivity index (χ3n) is 6.06. The Kier molecular flexibility index (Phi) is 5.91. The Morgan fingerprint density at radius 3 is 2.86 bits per heavy atom. The van der Waals surface area contributed by atoms with Crippen molar-refractivity contribution in [3.8, 4) is 11.1 Å². The van der Waals surface area contributed by atoms with E-state index in [1.807, 2.05) is 50.7 Å². The summed E-state index contributed by atoms with van der Waals surface area (Å²) in [5.41, 5.74) is 2.89. The molecule has 11 heteroatoms. The number of aryl methyl sites for hydroxylation is 1. The van der Waals surface area contributed by atoms with Crippen molar-refractivity contribution in [3.63, 3.8) is 0 Å². The molecule has 5 rings (SSSR count). The van der Waals surface area contributed by atoms with Gasteiger partial charge in [-0.1, -0.05) is 0 Å². The third kappa shape index (κ3) is 4.71. The number of rotatable bonds is 5. The van der Waals surface area contributed by atoms with Gasteiger partial charge >= 0.3 is 6.09 Å². The Morgan fingerprint density at radius 1 is 1.26 bits per heavy atom. The molecule has 11 nitrogen and oxygen atoms in total. The first-order valence-corrected chi connectivity index (χ1v) is 12.0. The molecule has 1 aliphatic rings. The number of carbonyl (C=O) groups excluding carboxylic acids is 1. The Balaban J connectivity index is 1.53. The zero-order chi connectivity index (χ0) is 24.6. The molecule has 0 spiro atoms. The zero-order valence-electron chi connectivity index (χ0n) is 20.5. The van der Waals surface area contributed by atoms with Gasteiger partial charge in [-0.3, -0.25) is 5.10 Å². The predicted octanol–water partition coefficient (Wildman–Crippen LogP) is 4.19. The van der Waals surface area contributed by atoms with Crippen molar-refractivity contribution in [3.05, 3.63) is 42.6 Å². The maximum absolute atomic E-state index is 12.8. The lowest BCUT2D eigenvalue weighted by Gasteiger charge is -2.34. The standard InChI is InChI=1S/C24H31N9O2/c1-5-32-20(8-9-27-32)30-21-11-19(16-7-6-10-31(15-16)23(34)35-24(2,3)4)29-22-18(14-28-33(21)22)17-12-25-26-13-17/h8-9,11-14,16,30H,5-7,10,15H2,1-4H3,(H,25,26). The molecule has 0 saturated carbocycles. The van der Waals surface area contributed by atoms with Crippen molar-refractivity contribution in [1.82, 2.24) is 39.5 Å². The number of H-pyrrole nitrogens is 1. The molecule has 2 N–H and O–H groups in total. The molecule has 5 heterocycles. The van der Waals surface area contributed by atoms with Crippen LogP contribution in [-0.4, -0.2) is 64.3 Å². The summed E-state index contributed by atoms with van der Waals surface area (Å²) in [6, 6.07) is 3.95. The highest BCUT2D eigenvalue weighted by Gasteiger charge is 2.30. The lowest BCUT2D eigenvalue weighted by atomic mass is 9.94. The van der Waals surface area contributed by atoms with Gasteiger partial charge < -0.3 is 15.0 Å². The summed E-state index contributed by atoms with van der Waals surface area (Å²) >= 11 is 0. The fourth-order valence-corrected chi connectivity index (χ4v) is 4.41. The molecular formula is C24H31N9O2. The second kappa shape index (κ2) is 9.05. The van der Waals surface area contributed by atoms with Gasteiger partial charge in [-0.2, -0.15) is 19.8 Å². The van der Waals surface area contributed by atoms with Crippen LogP contribution in [0.2, 0.25) is 0 Å². The van der Waals surface area contributed by atoms with Crippen molar-refractivity contribution >= 4 is 23.4 Å². The van der Waals surface area contributed by atoms with Crippen molar-refractivity contribution < 1.29 is 9.53 Å². The minimum atomic E-state index is -0.530. The number of aromatic nitrogens is 7. The van der Waals surface area contributed by atoms with Gasteiger partial charge in [0.05, 0.1) is 24.3 Å². The van der Waals surface area contributed by atoms with Crippen molar-refractivity contribution in [1.29, 1.82) is 0 Å². The van der Waals surface area contributed by atoms with Crippen LogP contribution < -0.4 is 5.32 Å². The van der Waals surface area contributed by atoms with Crippen LogP contribution in [0.4, 0.5) is 16.4 Å². The van der Waals surface area contributed by atoms with Crippen molar-refractivity contribution in [2.24, 2.45) is 0 Å². The number of carbonyl (C=O) groups is 1. The average Bonchev–Trinajstić information content (AvgIpc) is 3.58. The van der Waals surface area contributed by atoms with E-state index in [0.29, 0.717) is 13.1 Å². The number of nitrogens with one attached hydrogen (secondary N) is 2. The molecule has 1 fully saturated rings. The molecule has 0 aliphatic carbocycles. The van der Waals surface area contributed by atoms with Crippen LogP contribution in [-0.2, 0) is 11.3 Å². The summed E-state index contributed by atoms with van der Waals surface area (Å²) in [4.78, 5) is 19.6. The number of hydrogen-bond acceptors (Lipinski definition) is 7. The largest absolute Gasteiger partial charge is 0.444 e. The molecule has 0 bridgehead atoms. The number of ether oxygens (including phenoxy) is 1. The maximum atomic E-state index is 12.8. The van der Waals surface area contributed by atoms with E-state index < -0.39 is 5.60 Å². The molecule has 1 saturated heterocycles. The van der Waals surface area contributed by atoms with Gasteiger partial charge in [0.2, 0.25) is 0 Å². The average molecular weight is 478 g/mol. The van der Waals surface area contributed by atoms with Crippen LogP contribution in [0.1, 0.15) is 52.1 Å². The van der Waals surface area contributed by atoms with Gasteiger partial charge in [-0.15, -0.1) is 0 Å². The van der Waals surface area contributed by atoms with E-state index in [0.717, 1.165) is 53.5 Å². The van der Waals surface area contributed by atoms with E-state index in [1.165, 1.54) is 0 Å². The molecule has 0 radical (unpaired) electrons. The highest BCUT2D eigenvalue weighted by atomic mass is 16.6. The topological polar surface area (TPSA) is 118 Å². The van der Waals surface area contributed by atoms with E-state index in [2.05, 4.69) is 25.7 Å². The molecule has 4 aromatic heterocycles. The number of likely N-dealkylation sites (tertiary alicyclic amines) is 1. The Morgan fingerprint density at radius 2 is 2.11 bits per heavy atom. The smallest absolute Gasteiger partial charge is 0.410 e. The fourth-order valence-electron chi connectivity index (χ4n) is 4.41. The molecule has 1 atom stereocenters. The summed E-state index contributed by atoms with van der Waals surface area (Å²) in [5, 5.41) is 19.4. The molecular weight excluding hydrogens is 446 g/mol. The normalized spacial score (nSPS) is 16.6. The molecule has 1 aliphatic heterocycles. The lowest BCUT2D eigenvalue weighted by molar-refractivity contribution is 0.0197. The number of amides is 1. The highest BCUT2D eigenvalue weighted by molar-refractivity contribution is 5.78. The highest BCUT2D eigenvalue weighted by Crippen LogP contribution is 2.32. The van der Waals surface area contributed by atoms with Crippen LogP contribution in [0.15, 0.2) is 36.9 Å². The van der Waals surface area contributed by atoms with E-state index in [9.17, 15) is 4.79 Å². The van der Waals surface area contributed by atoms with Gasteiger partial charge in [0.25, 0.3) is 0 Å². The summed E-state index contributed by atoms with van der Waals surface area (Å²) in [6.45, 7) is 9.68. The van der Waals surface area contributed by atoms with Crippen molar-refractivity contribution in [2.45, 2.75) is 58.6 Å². The van der Waals surface area contributed by atoms with Gasteiger partial charge in [0.1, 0.15) is 17.2 Å². The molecule has 35 heavy (non-hydrogen) atoms. The first-order valence-electron chi connectivity index (χ1n) is 12.0. The molecule has 184 valence electrons. The van der Waals surface area contributed by atoms with E-state index >= 15 is 0 Å². The van der Waals surface area contributed by atoms with Crippen molar-refractivity contribution in [2.75, 3.05) is 18.4 Å². The number of fused-ring (bicyclic) bond motifs is 1. The van der Waals surface area contributed by atoms with Crippen LogP contribution >= 0.6 is 0 Å². The first-order chi connectivity index (χ1) is 16.8. The Labute approximate surface area is 203 Å². The van der Waals surface area contributed by atoms with E-state index in [-0.39, 0.29) is 12.0 Å². The fraction of sp³-hybridized carbons (Fsp3) is 0.458. The molecule has 1 unspecified atom stereocenters. The Bertz CT molecular complexity index is 1320. The summed E-state index contributed by atoms with van der Waals surface area (Å²) in [6.07, 6.45) is 8.69. The summed E-state index contributed by atoms with van der Waals surface area (Å²) in [5.74, 6) is 1.72. The quantitative estimate of drug-likeness (QED) is 0.442. The first kappa shape index (κ1) is 22.9. The second-order valence-electron chi connectivity index (χ2n) is 9.77. The summed E-state index contributed by atoms with van der Waals surface area (Å²) in [7, 11) is 0. The van der Waals surface area contributed by atoms with Crippen LogP contribution in [0, 0.1) is 0 Å². The monoisotopic (exact) mass is 477 g/mol. The van der Waals surface area contributed by atoms with Gasteiger partial charge in [0.15, 0.2) is 5.65 Å². The van der Waals surface area contributed by atoms with Crippen LogP contribution in [0.5, 0.6) is 0 Å². The number of piperidine rings is 1. The molecule has 0 aromatic carbocycles. The van der Waals surface area contributed by atoms with E-state index in [1.54, 1.807) is 28.0 Å². The van der Waals surface area contributed by atoms with E-state index in [4.69, 9.17) is 9.72 Å². The lowest BCUT2D eigenvalue weighted by Crippen LogP contribution is -2.42. The zero-order valence-corrected chi connectivity index (χ0v) is 20.5. The van der Waals surface area contributed by atoms with Gasteiger partial charge in [-0.05, 0) is 40.5 Å². The van der Waals surface area contributed by atoms with Crippen LogP contribution in [0.3, 0.4) is 0 Å². The number of nitrogens with zero attached hydrogens (tertiary/aromatic N) is 7. The summed E-state index contributed by atoms with van der Waals surface area (Å²) < 4.78 is 9.31. The maximum Gasteiger partial charge on any atom is 0.410 e. The second-order valence-corrected chi connectivity index (χ2v) is 9.77. The number of aromatic amines is 1. The number of hydrogen-bond donors (Lipinski definition) is 2. The van der Waals surface area contributed by atoms with Gasteiger partial charge in [-0.25, -0.2) is 14.5 Å².